The minimum Gasteiger partial charge on any atom is -0.497 e. The van der Waals surface area contributed by atoms with Gasteiger partial charge in [-0.2, -0.15) is 0 Å². The smallest absolute Gasteiger partial charge is 0.224 e. The van der Waals surface area contributed by atoms with E-state index in [2.05, 4.69) is 5.32 Å². The minimum atomic E-state index is -0.0927. The van der Waals surface area contributed by atoms with E-state index >= 15 is 0 Å². The number of aliphatic hydroxyl groups excluding tert-OH is 1. The Morgan fingerprint density at radius 3 is 2.87 bits per heavy atom. The lowest BCUT2D eigenvalue weighted by Crippen LogP contribution is -2.27. The summed E-state index contributed by atoms with van der Waals surface area (Å²) in [5, 5.41) is 13.1. The Morgan fingerprint density at radius 2 is 2.17 bits per heavy atom. The van der Waals surface area contributed by atoms with Gasteiger partial charge in [-0.3, -0.25) is 4.79 Å². The maximum Gasteiger partial charge on any atom is 0.224 e. The number of furan rings is 1. The van der Waals surface area contributed by atoms with Gasteiger partial charge in [0.25, 0.3) is 0 Å². The minimum absolute atomic E-state index is 0.0228. The number of fused-ring (bicyclic) bond motifs is 1. The molecule has 2 aromatic rings. The molecule has 0 fully saturated rings. The molecule has 2 rings (SSSR count). The van der Waals surface area contributed by atoms with Crippen LogP contribution in [0.15, 0.2) is 28.9 Å². The molecule has 0 saturated carbocycles. The van der Waals surface area contributed by atoms with Crippen LogP contribution in [0.2, 0.25) is 0 Å². The van der Waals surface area contributed by atoms with Crippen molar-refractivity contribution in [1.82, 2.24) is 5.32 Å². The number of nitrogens with one attached hydrogen (secondary N) is 1. The van der Waals surface area contributed by atoms with Gasteiger partial charge >= 0.3 is 0 Å². The third kappa shape index (κ3) is 4.73. The van der Waals surface area contributed by atoms with E-state index in [1.54, 1.807) is 13.4 Å². The molecular formula is C18H25NO4. The highest BCUT2D eigenvalue weighted by molar-refractivity contribution is 5.88. The summed E-state index contributed by atoms with van der Waals surface area (Å²) in [6.07, 6.45) is 3.64. The Labute approximate surface area is 136 Å². The van der Waals surface area contributed by atoms with E-state index < -0.39 is 0 Å². The quantitative estimate of drug-likeness (QED) is 0.734. The highest BCUT2D eigenvalue weighted by Gasteiger charge is 2.16. The Hall–Kier alpha value is -2.01. The lowest BCUT2D eigenvalue weighted by Gasteiger charge is -2.21. The van der Waals surface area contributed by atoms with Crippen molar-refractivity contribution in [3.05, 3.63) is 30.0 Å². The molecule has 23 heavy (non-hydrogen) atoms. The molecule has 0 saturated heterocycles. The van der Waals surface area contributed by atoms with Crippen molar-refractivity contribution in [1.29, 1.82) is 0 Å². The zero-order chi connectivity index (χ0) is 16.9. The number of aliphatic hydroxyl groups is 1. The molecule has 1 amide bonds. The number of carbonyl (C=O) groups excluding carboxylic acids is 1. The first-order chi connectivity index (χ1) is 10.9. The molecule has 0 atom stereocenters. The first-order valence-electron chi connectivity index (χ1n) is 7.87. The van der Waals surface area contributed by atoms with Gasteiger partial charge in [-0.05, 0) is 30.4 Å². The molecular weight excluding hydrogens is 294 g/mol. The van der Waals surface area contributed by atoms with Crippen molar-refractivity contribution in [2.75, 3.05) is 20.3 Å². The van der Waals surface area contributed by atoms with Crippen LogP contribution < -0.4 is 10.1 Å². The summed E-state index contributed by atoms with van der Waals surface area (Å²) in [5.74, 6) is 0.708. The molecule has 1 heterocycles. The predicted octanol–water partition coefficient (Wildman–Crippen LogP) is 2.90. The van der Waals surface area contributed by atoms with Crippen molar-refractivity contribution < 1.29 is 19.1 Å². The van der Waals surface area contributed by atoms with E-state index in [0.717, 1.165) is 35.1 Å². The Bertz CT molecular complexity index is 660. The first-order valence-corrected chi connectivity index (χ1v) is 7.87. The summed E-state index contributed by atoms with van der Waals surface area (Å²) in [6, 6.07) is 5.58. The fourth-order valence-corrected chi connectivity index (χ4v) is 2.44. The second-order valence-electron chi connectivity index (χ2n) is 6.58. The van der Waals surface area contributed by atoms with Crippen molar-refractivity contribution in [3.63, 3.8) is 0 Å². The molecule has 1 aromatic carbocycles. The topological polar surface area (TPSA) is 71.7 Å². The fourth-order valence-electron chi connectivity index (χ4n) is 2.44. The van der Waals surface area contributed by atoms with Crippen molar-refractivity contribution >= 4 is 16.9 Å². The number of amides is 1. The highest BCUT2D eigenvalue weighted by atomic mass is 16.5. The zero-order valence-corrected chi connectivity index (χ0v) is 14.0. The van der Waals surface area contributed by atoms with Crippen LogP contribution in [0.25, 0.3) is 11.0 Å². The molecule has 0 aliphatic carbocycles. The largest absolute Gasteiger partial charge is 0.497 e. The standard InChI is InChI=1S/C18H25NO4/c1-18(2,12-20)7-4-8-19-17(21)9-13-11-23-16-10-14(22-3)5-6-15(13)16/h5-6,10-11,20H,4,7-9,12H2,1-3H3,(H,19,21). The summed E-state index contributed by atoms with van der Waals surface area (Å²) >= 11 is 0. The van der Waals surface area contributed by atoms with Crippen LogP contribution in [0, 0.1) is 5.41 Å². The zero-order valence-electron chi connectivity index (χ0n) is 14.0. The molecule has 0 aliphatic heterocycles. The fraction of sp³-hybridized carbons (Fsp3) is 0.500. The van der Waals surface area contributed by atoms with E-state index in [-0.39, 0.29) is 17.9 Å². The number of benzene rings is 1. The normalized spacial score (nSPS) is 11.7. The van der Waals surface area contributed by atoms with Crippen LogP contribution in [0.1, 0.15) is 32.3 Å². The van der Waals surface area contributed by atoms with Gasteiger partial charge in [-0.1, -0.05) is 13.8 Å². The summed E-state index contributed by atoms with van der Waals surface area (Å²) in [7, 11) is 1.61. The van der Waals surface area contributed by atoms with Crippen LogP contribution in [0.4, 0.5) is 0 Å². The van der Waals surface area contributed by atoms with Gasteiger partial charge in [0.2, 0.25) is 5.91 Å². The second kappa shape index (κ2) is 7.51. The van der Waals surface area contributed by atoms with Gasteiger partial charge in [-0.25, -0.2) is 0 Å². The average Bonchev–Trinajstić information content (AvgIpc) is 2.93. The summed E-state index contributed by atoms with van der Waals surface area (Å²) in [4.78, 5) is 12.0. The van der Waals surface area contributed by atoms with Crippen molar-refractivity contribution in [2.45, 2.75) is 33.1 Å². The number of ether oxygens (including phenoxy) is 1. The third-order valence-corrected chi connectivity index (χ3v) is 3.99. The number of carbonyl (C=O) groups is 1. The van der Waals surface area contributed by atoms with Gasteiger partial charge in [0, 0.05) is 30.2 Å². The molecule has 0 radical (unpaired) electrons. The number of hydrogen-bond acceptors (Lipinski definition) is 4. The third-order valence-electron chi connectivity index (χ3n) is 3.99. The summed E-state index contributed by atoms with van der Waals surface area (Å²) in [5.41, 5.74) is 1.50. The lowest BCUT2D eigenvalue weighted by atomic mass is 9.89. The molecule has 5 nitrogen and oxygen atoms in total. The van der Waals surface area contributed by atoms with E-state index in [0.29, 0.717) is 13.0 Å². The molecule has 0 unspecified atom stereocenters. The van der Waals surface area contributed by atoms with Crippen LogP contribution in [-0.2, 0) is 11.2 Å². The number of methoxy groups -OCH3 is 1. The Morgan fingerprint density at radius 1 is 1.39 bits per heavy atom. The van der Waals surface area contributed by atoms with Crippen LogP contribution in [0.5, 0.6) is 5.75 Å². The van der Waals surface area contributed by atoms with Crippen LogP contribution in [-0.4, -0.2) is 31.3 Å². The predicted molar refractivity (Wildman–Crippen MR) is 89.6 cm³/mol. The Balaban J connectivity index is 1.86. The van der Waals surface area contributed by atoms with E-state index in [9.17, 15) is 9.90 Å². The number of rotatable bonds is 8. The van der Waals surface area contributed by atoms with Gasteiger partial charge < -0.3 is 19.6 Å². The van der Waals surface area contributed by atoms with Gasteiger partial charge in [-0.15, -0.1) is 0 Å². The lowest BCUT2D eigenvalue weighted by molar-refractivity contribution is -0.120. The van der Waals surface area contributed by atoms with Gasteiger partial charge in [0.15, 0.2) is 0 Å². The maximum absolute atomic E-state index is 12.0. The van der Waals surface area contributed by atoms with Crippen LogP contribution in [0.3, 0.4) is 0 Å². The Kier molecular flexibility index (Phi) is 5.66. The molecule has 5 heteroatoms. The summed E-state index contributed by atoms with van der Waals surface area (Å²) in [6.45, 7) is 4.80. The monoisotopic (exact) mass is 319 g/mol. The van der Waals surface area contributed by atoms with Crippen molar-refractivity contribution in [3.8, 4) is 5.75 Å². The molecule has 126 valence electrons. The maximum atomic E-state index is 12.0. The molecule has 1 aromatic heterocycles. The average molecular weight is 319 g/mol. The highest BCUT2D eigenvalue weighted by Crippen LogP contribution is 2.26. The van der Waals surface area contributed by atoms with Crippen LogP contribution >= 0.6 is 0 Å². The first kappa shape index (κ1) is 17.3. The summed E-state index contributed by atoms with van der Waals surface area (Å²) < 4.78 is 10.6. The van der Waals surface area contributed by atoms with Crippen molar-refractivity contribution in [2.24, 2.45) is 5.41 Å². The molecule has 2 N–H and O–H groups in total. The number of hydrogen-bond donors (Lipinski definition) is 2. The van der Waals surface area contributed by atoms with E-state index in [1.165, 1.54) is 0 Å². The van der Waals surface area contributed by atoms with E-state index in [4.69, 9.17) is 9.15 Å². The SMILES string of the molecule is COc1ccc2c(CC(=O)NCCCC(C)(C)CO)coc2c1. The van der Waals surface area contributed by atoms with Gasteiger partial charge in [0.1, 0.15) is 11.3 Å². The van der Waals surface area contributed by atoms with E-state index in [1.807, 2.05) is 32.0 Å². The second-order valence-corrected chi connectivity index (χ2v) is 6.58. The molecule has 0 aliphatic rings. The molecule has 0 bridgehead atoms. The van der Waals surface area contributed by atoms with Gasteiger partial charge in [0.05, 0.1) is 19.8 Å². The molecule has 0 spiro atoms.